The first-order chi connectivity index (χ1) is 9.98. The van der Waals surface area contributed by atoms with Crippen LogP contribution in [-0.4, -0.2) is 5.91 Å². The Bertz CT molecular complexity index is 702. The third kappa shape index (κ3) is 2.77. The van der Waals surface area contributed by atoms with E-state index in [2.05, 4.69) is 12.2 Å². The molecule has 0 spiro atoms. The monoisotopic (exact) mass is 280 g/mol. The summed E-state index contributed by atoms with van der Waals surface area (Å²) in [5.74, 6) is 0.116. The highest BCUT2D eigenvalue weighted by Crippen LogP contribution is 2.45. The molecule has 0 atom stereocenters. The highest BCUT2D eigenvalue weighted by Gasteiger charge is 2.44. The van der Waals surface area contributed by atoms with Crippen LogP contribution in [0.5, 0.6) is 0 Å². The van der Waals surface area contributed by atoms with Gasteiger partial charge in [-0.25, -0.2) is 0 Å². The molecule has 0 radical (unpaired) electrons. The molecule has 0 aromatic heterocycles. The maximum atomic E-state index is 12.2. The summed E-state index contributed by atoms with van der Waals surface area (Å²) in [6.45, 7) is 4.07. The highest BCUT2D eigenvalue weighted by atomic mass is 16.2. The predicted molar refractivity (Wildman–Crippen MR) is 87.0 cm³/mol. The first-order valence-corrected chi connectivity index (χ1v) is 7.26. The fourth-order valence-electron chi connectivity index (χ4n) is 2.41. The number of carbonyl (C=O) groups is 1. The quantitative estimate of drug-likeness (QED) is 0.835. The maximum absolute atomic E-state index is 12.2. The molecule has 21 heavy (non-hydrogen) atoms. The van der Waals surface area contributed by atoms with E-state index in [4.69, 9.17) is 5.73 Å². The van der Waals surface area contributed by atoms with Gasteiger partial charge in [0.15, 0.2) is 0 Å². The fourth-order valence-corrected chi connectivity index (χ4v) is 2.41. The first-order valence-electron chi connectivity index (χ1n) is 7.26. The van der Waals surface area contributed by atoms with E-state index in [1.807, 2.05) is 49.4 Å². The Morgan fingerprint density at radius 3 is 2.62 bits per heavy atom. The topological polar surface area (TPSA) is 55.1 Å². The van der Waals surface area contributed by atoms with Crippen LogP contribution in [-0.2, 0) is 4.79 Å². The zero-order valence-electron chi connectivity index (χ0n) is 12.4. The second-order valence-electron chi connectivity index (χ2n) is 6.17. The Morgan fingerprint density at radius 2 is 1.95 bits per heavy atom. The molecular formula is C18H20N2O. The first kappa shape index (κ1) is 13.7. The van der Waals surface area contributed by atoms with Crippen molar-refractivity contribution in [2.45, 2.75) is 26.7 Å². The average Bonchev–Trinajstić information content (AvgIpc) is 3.20. The van der Waals surface area contributed by atoms with Gasteiger partial charge in [0.25, 0.3) is 0 Å². The van der Waals surface area contributed by atoms with E-state index >= 15 is 0 Å². The smallest absolute Gasteiger partial charge is 0.230 e. The van der Waals surface area contributed by atoms with E-state index in [0.29, 0.717) is 0 Å². The summed E-state index contributed by atoms with van der Waals surface area (Å²) in [6.07, 6.45) is 1.96. The molecule has 2 aromatic rings. The summed E-state index contributed by atoms with van der Waals surface area (Å²) in [6, 6.07) is 13.8. The molecule has 1 aliphatic rings. The molecule has 1 saturated carbocycles. The predicted octanol–water partition coefficient (Wildman–Crippen LogP) is 3.98. The molecule has 1 amide bonds. The number of rotatable bonds is 3. The number of nitrogen functional groups attached to an aromatic ring is 1. The summed E-state index contributed by atoms with van der Waals surface area (Å²) in [7, 11) is 0. The second kappa shape index (κ2) is 4.92. The minimum Gasteiger partial charge on any atom is -0.399 e. The minimum absolute atomic E-state index is 0.116. The van der Waals surface area contributed by atoms with Crippen molar-refractivity contribution in [2.75, 3.05) is 11.1 Å². The normalized spacial score (nSPS) is 15.5. The molecule has 0 heterocycles. The SMILES string of the molecule is Cc1ccc(NC(=O)C2(C)CC2)cc1-c1cccc(N)c1. The Hall–Kier alpha value is -2.29. The van der Waals surface area contributed by atoms with Crippen molar-refractivity contribution < 1.29 is 4.79 Å². The summed E-state index contributed by atoms with van der Waals surface area (Å²) >= 11 is 0. The number of anilines is 2. The fraction of sp³-hybridized carbons (Fsp3) is 0.278. The Labute approximate surface area is 125 Å². The van der Waals surface area contributed by atoms with Gasteiger partial charge in [0, 0.05) is 16.8 Å². The molecular weight excluding hydrogens is 260 g/mol. The van der Waals surface area contributed by atoms with Gasteiger partial charge < -0.3 is 11.1 Å². The lowest BCUT2D eigenvalue weighted by atomic mass is 9.99. The van der Waals surface area contributed by atoms with Gasteiger partial charge in [-0.2, -0.15) is 0 Å². The van der Waals surface area contributed by atoms with Crippen LogP contribution in [0.1, 0.15) is 25.3 Å². The van der Waals surface area contributed by atoms with Crippen molar-refractivity contribution in [1.29, 1.82) is 0 Å². The second-order valence-corrected chi connectivity index (χ2v) is 6.17. The van der Waals surface area contributed by atoms with Crippen LogP contribution < -0.4 is 11.1 Å². The molecule has 3 nitrogen and oxygen atoms in total. The zero-order valence-corrected chi connectivity index (χ0v) is 12.4. The number of nitrogens with one attached hydrogen (secondary N) is 1. The molecule has 0 unspecified atom stereocenters. The number of hydrogen-bond donors (Lipinski definition) is 2. The number of amides is 1. The van der Waals surface area contributed by atoms with Gasteiger partial charge in [-0.15, -0.1) is 0 Å². The van der Waals surface area contributed by atoms with Gasteiger partial charge in [-0.3, -0.25) is 4.79 Å². The standard InChI is InChI=1S/C18H20N2O/c1-12-6-7-15(20-17(21)18(2)8-9-18)11-16(12)13-4-3-5-14(19)10-13/h3-7,10-11H,8-9,19H2,1-2H3,(H,20,21). The Balaban J connectivity index is 1.91. The molecule has 3 N–H and O–H groups in total. The largest absolute Gasteiger partial charge is 0.399 e. The lowest BCUT2D eigenvalue weighted by Crippen LogP contribution is -2.21. The summed E-state index contributed by atoms with van der Waals surface area (Å²) < 4.78 is 0. The van der Waals surface area contributed by atoms with Crippen molar-refractivity contribution in [1.82, 2.24) is 0 Å². The number of aryl methyl sites for hydroxylation is 1. The molecule has 108 valence electrons. The van der Waals surface area contributed by atoms with Crippen molar-refractivity contribution >= 4 is 17.3 Å². The van der Waals surface area contributed by atoms with E-state index in [0.717, 1.165) is 40.9 Å². The van der Waals surface area contributed by atoms with Crippen LogP contribution in [0.15, 0.2) is 42.5 Å². The molecule has 0 saturated heterocycles. The minimum atomic E-state index is -0.164. The number of benzene rings is 2. The lowest BCUT2D eigenvalue weighted by molar-refractivity contribution is -0.120. The summed E-state index contributed by atoms with van der Waals surface area (Å²) in [5, 5.41) is 3.03. The zero-order chi connectivity index (χ0) is 15.0. The van der Waals surface area contributed by atoms with E-state index in [-0.39, 0.29) is 11.3 Å². The molecule has 3 heteroatoms. The molecule has 1 fully saturated rings. The van der Waals surface area contributed by atoms with Crippen LogP contribution >= 0.6 is 0 Å². The molecule has 0 aliphatic heterocycles. The van der Waals surface area contributed by atoms with Gasteiger partial charge in [-0.1, -0.05) is 25.1 Å². The van der Waals surface area contributed by atoms with Crippen LogP contribution in [0, 0.1) is 12.3 Å². The van der Waals surface area contributed by atoms with Crippen molar-refractivity contribution in [3.8, 4) is 11.1 Å². The van der Waals surface area contributed by atoms with Crippen LogP contribution in [0.2, 0.25) is 0 Å². The van der Waals surface area contributed by atoms with Gasteiger partial charge in [0.2, 0.25) is 5.91 Å². The Morgan fingerprint density at radius 1 is 1.19 bits per heavy atom. The highest BCUT2D eigenvalue weighted by molar-refractivity contribution is 5.97. The van der Waals surface area contributed by atoms with E-state index in [1.165, 1.54) is 0 Å². The van der Waals surface area contributed by atoms with Gasteiger partial charge in [0.1, 0.15) is 0 Å². The molecule has 3 rings (SSSR count). The van der Waals surface area contributed by atoms with Gasteiger partial charge in [-0.05, 0) is 60.7 Å². The maximum Gasteiger partial charge on any atom is 0.230 e. The number of carbonyl (C=O) groups excluding carboxylic acids is 1. The summed E-state index contributed by atoms with van der Waals surface area (Å²) in [4.78, 5) is 12.2. The number of hydrogen-bond acceptors (Lipinski definition) is 2. The van der Waals surface area contributed by atoms with Crippen LogP contribution in [0.4, 0.5) is 11.4 Å². The van der Waals surface area contributed by atoms with E-state index in [1.54, 1.807) is 0 Å². The Kier molecular flexibility index (Phi) is 3.20. The molecule has 2 aromatic carbocycles. The number of nitrogens with two attached hydrogens (primary N) is 1. The van der Waals surface area contributed by atoms with Gasteiger partial charge >= 0.3 is 0 Å². The van der Waals surface area contributed by atoms with E-state index in [9.17, 15) is 4.79 Å². The molecule has 0 bridgehead atoms. The van der Waals surface area contributed by atoms with Crippen LogP contribution in [0.25, 0.3) is 11.1 Å². The van der Waals surface area contributed by atoms with Crippen molar-refractivity contribution in [2.24, 2.45) is 5.41 Å². The average molecular weight is 280 g/mol. The third-order valence-electron chi connectivity index (χ3n) is 4.24. The van der Waals surface area contributed by atoms with Crippen molar-refractivity contribution in [3.05, 3.63) is 48.0 Å². The van der Waals surface area contributed by atoms with Crippen molar-refractivity contribution in [3.63, 3.8) is 0 Å². The van der Waals surface area contributed by atoms with E-state index < -0.39 is 0 Å². The summed E-state index contributed by atoms with van der Waals surface area (Å²) in [5.41, 5.74) is 10.6. The van der Waals surface area contributed by atoms with Crippen LogP contribution in [0.3, 0.4) is 0 Å². The third-order valence-corrected chi connectivity index (χ3v) is 4.24. The lowest BCUT2D eigenvalue weighted by Gasteiger charge is -2.13. The molecule has 1 aliphatic carbocycles. The van der Waals surface area contributed by atoms with Gasteiger partial charge in [0.05, 0.1) is 0 Å².